The lowest BCUT2D eigenvalue weighted by Gasteiger charge is -2.15. The average molecular weight is 419 g/mol. The van der Waals surface area contributed by atoms with Crippen molar-refractivity contribution in [3.63, 3.8) is 0 Å². The minimum atomic E-state index is -0.367. The lowest BCUT2D eigenvalue weighted by molar-refractivity contribution is 0.00899. The summed E-state index contributed by atoms with van der Waals surface area (Å²) in [6.07, 6.45) is 1.62. The normalized spacial score (nSPS) is 10.9. The number of carbonyl (C=O) groups excluding carboxylic acids is 1. The first-order chi connectivity index (χ1) is 14.0. The number of methoxy groups -OCH3 is 2. The van der Waals surface area contributed by atoms with Crippen molar-refractivity contribution in [1.82, 2.24) is 15.4 Å². The topological polar surface area (TPSA) is 88.7 Å². The minimum absolute atomic E-state index is 0.253. The molecule has 0 aliphatic rings. The van der Waals surface area contributed by atoms with Crippen LogP contribution in [-0.4, -0.2) is 57.4 Å². The van der Waals surface area contributed by atoms with Crippen LogP contribution in [0.2, 0.25) is 5.02 Å². The van der Waals surface area contributed by atoms with Crippen molar-refractivity contribution in [2.24, 2.45) is 0 Å². The van der Waals surface area contributed by atoms with E-state index >= 15 is 0 Å². The van der Waals surface area contributed by atoms with Crippen LogP contribution in [0.1, 0.15) is 10.4 Å². The van der Waals surface area contributed by atoms with Gasteiger partial charge < -0.3 is 19.4 Å². The van der Waals surface area contributed by atoms with Gasteiger partial charge in [-0.25, -0.2) is 5.48 Å². The van der Waals surface area contributed by atoms with E-state index in [0.29, 0.717) is 34.0 Å². The summed E-state index contributed by atoms with van der Waals surface area (Å²) in [5, 5.41) is 1.22. The van der Waals surface area contributed by atoms with Gasteiger partial charge in [0.05, 0.1) is 30.9 Å². The first-order valence-corrected chi connectivity index (χ1v) is 9.28. The molecule has 0 saturated heterocycles. The monoisotopic (exact) mass is 418 g/mol. The van der Waals surface area contributed by atoms with Gasteiger partial charge in [-0.3, -0.25) is 9.63 Å². The highest BCUT2D eigenvalue weighted by atomic mass is 35.5. The number of anilines is 1. The van der Waals surface area contributed by atoms with Crippen LogP contribution in [-0.2, 0) is 9.57 Å². The van der Waals surface area contributed by atoms with E-state index in [4.69, 9.17) is 25.9 Å². The van der Waals surface area contributed by atoms with Gasteiger partial charge >= 0.3 is 0 Å². The molecule has 2 heterocycles. The molecule has 9 heteroatoms. The second kappa shape index (κ2) is 9.13. The molecule has 154 valence electrons. The molecule has 0 fully saturated rings. The van der Waals surface area contributed by atoms with Gasteiger partial charge in [-0.2, -0.15) is 4.98 Å². The number of aromatic nitrogens is 2. The van der Waals surface area contributed by atoms with Gasteiger partial charge in [0.15, 0.2) is 0 Å². The number of nitrogens with one attached hydrogen (secondary N) is 2. The molecule has 1 aromatic carbocycles. The summed E-state index contributed by atoms with van der Waals surface area (Å²) < 4.78 is 10.4. The number of benzene rings is 1. The molecule has 0 aliphatic carbocycles. The van der Waals surface area contributed by atoms with Crippen LogP contribution in [0.15, 0.2) is 30.5 Å². The predicted molar refractivity (Wildman–Crippen MR) is 113 cm³/mol. The maximum absolute atomic E-state index is 12.5. The van der Waals surface area contributed by atoms with E-state index in [1.807, 2.05) is 37.2 Å². The van der Waals surface area contributed by atoms with E-state index in [-0.39, 0.29) is 12.5 Å². The fourth-order valence-electron chi connectivity index (χ4n) is 2.87. The van der Waals surface area contributed by atoms with Crippen LogP contribution < -0.4 is 15.1 Å². The largest absolute Gasteiger partial charge is 0.480 e. The molecule has 0 saturated carbocycles. The number of hydrogen-bond acceptors (Lipinski definition) is 6. The second-order valence-corrected chi connectivity index (χ2v) is 6.88. The van der Waals surface area contributed by atoms with Crippen LogP contribution >= 0.6 is 11.6 Å². The van der Waals surface area contributed by atoms with Crippen molar-refractivity contribution >= 4 is 34.2 Å². The van der Waals surface area contributed by atoms with E-state index in [1.165, 1.54) is 0 Å². The maximum atomic E-state index is 12.5. The Morgan fingerprint density at radius 3 is 2.69 bits per heavy atom. The number of ether oxygens (including phenoxy) is 2. The molecular weight excluding hydrogens is 396 g/mol. The summed E-state index contributed by atoms with van der Waals surface area (Å²) in [7, 11) is 6.92. The van der Waals surface area contributed by atoms with Crippen LogP contribution in [0.3, 0.4) is 0 Å². The molecule has 2 aromatic heterocycles. The number of rotatable bonds is 8. The van der Waals surface area contributed by atoms with E-state index in [1.54, 1.807) is 26.5 Å². The van der Waals surface area contributed by atoms with Crippen molar-refractivity contribution in [3.8, 4) is 17.0 Å². The fourth-order valence-corrected chi connectivity index (χ4v) is 3.14. The van der Waals surface area contributed by atoms with E-state index in [2.05, 4.69) is 15.4 Å². The molecule has 0 radical (unpaired) electrons. The number of H-pyrrole nitrogens is 1. The highest BCUT2D eigenvalue weighted by Gasteiger charge is 2.18. The Morgan fingerprint density at radius 1 is 1.21 bits per heavy atom. The quantitative estimate of drug-likeness (QED) is 0.431. The van der Waals surface area contributed by atoms with Crippen LogP contribution in [0, 0.1) is 0 Å². The zero-order valence-electron chi connectivity index (χ0n) is 16.7. The number of hydroxylamine groups is 1. The van der Waals surface area contributed by atoms with Crippen molar-refractivity contribution < 1.29 is 19.1 Å². The van der Waals surface area contributed by atoms with Crippen LogP contribution in [0.4, 0.5) is 5.82 Å². The number of fused-ring (bicyclic) bond motifs is 1. The number of amides is 1. The third-order valence-corrected chi connectivity index (χ3v) is 4.67. The summed E-state index contributed by atoms with van der Waals surface area (Å²) in [6, 6.07) is 7.39. The molecule has 3 aromatic rings. The smallest absolute Gasteiger partial charge is 0.277 e. The van der Waals surface area contributed by atoms with Gasteiger partial charge in [-0.05, 0) is 24.3 Å². The molecule has 0 spiro atoms. The summed E-state index contributed by atoms with van der Waals surface area (Å²) in [4.78, 5) is 27.1. The molecule has 0 bridgehead atoms. The second-order valence-electron chi connectivity index (χ2n) is 6.47. The van der Waals surface area contributed by atoms with Crippen molar-refractivity contribution in [2.45, 2.75) is 0 Å². The molecule has 2 N–H and O–H groups in total. The Balaban J connectivity index is 2.00. The third-order valence-electron chi connectivity index (χ3n) is 4.36. The zero-order chi connectivity index (χ0) is 21.0. The van der Waals surface area contributed by atoms with Crippen molar-refractivity contribution in [2.75, 3.05) is 46.4 Å². The van der Waals surface area contributed by atoms with Crippen molar-refractivity contribution in [3.05, 3.63) is 41.0 Å². The van der Waals surface area contributed by atoms with Gasteiger partial charge in [0.1, 0.15) is 5.82 Å². The highest BCUT2D eigenvalue weighted by molar-refractivity contribution is 6.34. The lowest BCUT2D eigenvalue weighted by Crippen LogP contribution is -2.25. The zero-order valence-corrected chi connectivity index (χ0v) is 17.5. The summed E-state index contributed by atoms with van der Waals surface area (Å²) in [6.45, 7) is 0.631. The van der Waals surface area contributed by atoms with Crippen LogP contribution in [0.5, 0.6) is 5.88 Å². The average Bonchev–Trinajstić information content (AvgIpc) is 3.12. The fraction of sp³-hybridized carbons (Fsp3) is 0.300. The summed E-state index contributed by atoms with van der Waals surface area (Å²) in [5.74, 6) is 0.841. The lowest BCUT2D eigenvalue weighted by atomic mass is 10.0. The molecule has 1 amide bonds. The molecule has 0 unspecified atom stereocenters. The standard InChI is InChI=1S/C20H23ClN4O4/c1-25(2)18-6-5-12(20(23-18)28-4)13-9-14-15(11-22-17(14)10-16(13)21)19(26)24-29-8-7-27-3/h5-6,9-11,22H,7-8H2,1-4H3,(H,24,26). The molecule has 3 rings (SSSR count). The Labute approximate surface area is 173 Å². The molecule has 29 heavy (non-hydrogen) atoms. The van der Waals surface area contributed by atoms with Gasteiger partial charge in [-0.1, -0.05) is 11.6 Å². The minimum Gasteiger partial charge on any atom is -0.480 e. The summed E-state index contributed by atoms with van der Waals surface area (Å²) >= 11 is 6.52. The Hall–Kier alpha value is -2.81. The van der Waals surface area contributed by atoms with Crippen LogP contribution in [0.25, 0.3) is 22.0 Å². The van der Waals surface area contributed by atoms with E-state index in [9.17, 15) is 4.79 Å². The highest BCUT2D eigenvalue weighted by Crippen LogP contribution is 2.38. The van der Waals surface area contributed by atoms with E-state index in [0.717, 1.165) is 16.9 Å². The predicted octanol–water partition coefficient (Wildman–Crippen LogP) is 3.27. The summed E-state index contributed by atoms with van der Waals surface area (Å²) in [5.41, 5.74) is 5.03. The van der Waals surface area contributed by atoms with Gasteiger partial charge in [0, 0.05) is 49.4 Å². The molecule has 8 nitrogen and oxygen atoms in total. The Morgan fingerprint density at radius 2 is 2.00 bits per heavy atom. The SMILES string of the molecule is COCCONC(=O)c1c[nH]c2cc(Cl)c(-c3ccc(N(C)C)nc3OC)cc12. The first-order valence-electron chi connectivity index (χ1n) is 8.90. The molecular formula is C20H23ClN4O4. The Bertz CT molecular complexity index is 1020. The number of hydrogen-bond donors (Lipinski definition) is 2. The first kappa shape index (κ1) is 20.9. The maximum Gasteiger partial charge on any atom is 0.277 e. The Kier molecular flexibility index (Phi) is 6.58. The third kappa shape index (κ3) is 4.45. The van der Waals surface area contributed by atoms with Gasteiger partial charge in [0.2, 0.25) is 5.88 Å². The number of carbonyl (C=O) groups is 1. The van der Waals surface area contributed by atoms with Crippen molar-refractivity contribution in [1.29, 1.82) is 0 Å². The number of aromatic amines is 1. The number of halogens is 1. The number of pyridine rings is 1. The van der Waals surface area contributed by atoms with Gasteiger partial charge in [-0.15, -0.1) is 0 Å². The number of nitrogens with zero attached hydrogens (tertiary/aromatic N) is 2. The van der Waals surface area contributed by atoms with E-state index < -0.39 is 0 Å². The molecule has 0 atom stereocenters. The van der Waals surface area contributed by atoms with Gasteiger partial charge in [0.25, 0.3) is 5.91 Å². The molecule has 0 aliphatic heterocycles.